The molecule has 1 aliphatic carbocycles. The molecule has 1 aromatic rings. The summed E-state index contributed by atoms with van der Waals surface area (Å²) in [6, 6.07) is 7.01. The molecule has 5 heteroatoms. The smallest absolute Gasteiger partial charge is 0.157 e. The van der Waals surface area contributed by atoms with E-state index in [0.717, 1.165) is 24.8 Å². The maximum atomic E-state index is 12.3. The number of benzene rings is 1. The fraction of sp³-hybridized carbons (Fsp3) is 0.538. The number of sulfone groups is 1. The maximum Gasteiger partial charge on any atom is 0.157 e. The number of nitrogens with two attached hydrogens (primary N) is 1. The summed E-state index contributed by atoms with van der Waals surface area (Å²) in [6.45, 7) is 0. The minimum Gasteiger partial charge on any atom is -0.328 e. The van der Waals surface area contributed by atoms with Gasteiger partial charge in [-0.2, -0.15) is 0 Å². The van der Waals surface area contributed by atoms with Crippen LogP contribution in [0.1, 0.15) is 31.2 Å². The average Bonchev–Trinajstić information content (AvgIpc) is 2.32. The van der Waals surface area contributed by atoms with Crippen molar-refractivity contribution in [3.63, 3.8) is 0 Å². The molecule has 0 bridgehead atoms. The molecule has 3 nitrogen and oxygen atoms in total. The largest absolute Gasteiger partial charge is 0.328 e. The lowest BCUT2D eigenvalue weighted by Gasteiger charge is -2.26. The van der Waals surface area contributed by atoms with Gasteiger partial charge in [-0.05, 0) is 37.0 Å². The topological polar surface area (TPSA) is 60.2 Å². The van der Waals surface area contributed by atoms with Gasteiger partial charge in [-0.3, -0.25) is 0 Å². The van der Waals surface area contributed by atoms with Crippen LogP contribution >= 0.6 is 11.6 Å². The Labute approximate surface area is 113 Å². The van der Waals surface area contributed by atoms with Crippen molar-refractivity contribution >= 4 is 21.4 Å². The van der Waals surface area contributed by atoms with Gasteiger partial charge in [0.1, 0.15) is 0 Å². The normalized spacial score (nSPS) is 25.0. The fourth-order valence-corrected chi connectivity index (χ4v) is 4.52. The molecule has 2 rings (SSSR count). The van der Waals surface area contributed by atoms with Crippen LogP contribution in [0.4, 0.5) is 0 Å². The molecule has 100 valence electrons. The Morgan fingerprint density at radius 1 is 1.22 bits per heavy atom. The molecule has 1 saturated carbocycles. The molecule has 0 aromatic heterocycles. The number of hydrogen-bond donors (Lipinski definition) is 1. The van der Waals surface area contributed by atoms with Gasteiger partial charge in [-0.15, -0.1) is 0 Å². The summed E-state index contributed by atoms with van der Waals surface area (Å²) in [5.41, 5.74) is 6.64. The van der Waals surface area contributed by atoms with Crippen LogP contribution in [0.25, 0.3) is 0 Å². The highest BCUT2D eigenvalue weighted by molar-refractivity contribution is 7.91. The van der Waals surface area contributed by atoms with Gasteiger partial charge in [0.2, 0.25) is 0 Å². The van der Waals surface area contributed by atoms with E-state index >= 15 is 0 Å². The molecule has 2 atom stereocenters. The van der Waals surface area contributed by atoms with E-state index < -0.39 is 9.84 Å². The molecule has 0 heterocycles. The van der Waals surface area contributed by atoms with Crippen LogP contribution in [0.15, 0.2) is 24.3 Å². The van der Waals surface area contributed by atoms with Crippen LogP contribution in [-0.2, 0) is 15.6 Å². The molecule has 0 amide bonds. The summed E-state index contributed by atoms with van der Waals surface area (Å²) in [5, 5.41) is 0.341. The minimum atomic E-state index is -3.11. The van der Waals surface area contributed by atoms with Crippen molar-refractivity contribution in [1.29, 1.82) is 0 Å². The summed E-state index contributed by atoms with van der Waals surface area (Å²) < 4.78 is 24.6. The van der Waals surface area contributed by atoms with Crippen molar-refractivity contribution in [3.8, 4) is 0 Å². The molecule has 0 radical (unpaired) electrons. The van der Waals surface area contributed by atoms with Crippen LogP contribution in [0.2, 0.25) is 5.02 Å². The van der Waals surface area contributed by atoms with Crippen LogP contribution in [0.3, 0.4) is 0 Å². The Morgan fingerprint density at radius 3 is 2.50 bits per heavy atom. The van der Waals surface area contributed by atoms with E-state index in [4.69, 9.17) is 17.3 Å². The first-order valence-electron chi connectivity index (χ1n) is 6.19. The molecule has 18 heavy (non-hydrogen) atoms. The van der Waals surface area contributed by atoms with Crippen molar-refractivity contribution in [2.45, 2.75) is 42.7 Å². The Kier molecular flexibility index (Phi) is 4.30. The SMILES string of the molecule is NC1CCCC(S(=O)(=O)Cc2ccc(Cl)cc2)C1. The van der Waals surface area contributed by atoms with E-state index in [2.05, 4.69) is 0 Å². The Balaban J connectivity index is 2.09. The molecule has 2 N–H and O–H groups in total. The highest BCUT2D eigenvalue weighted by atomic mass is 35.5. The van der Waals surface area contributed by atoms with E-state index in [1.54, 1.807) is 24.3 Å². The van der Waals surface area contributed by atoms with Crippen LogP contribution < -0.4 is 5.73 Å². The second kappa shape index (κ2) is 5.59. The lowest BCUT2D eigenvalue weighted by molar-refractivity contribution is 0.433. The van der Waals surface area contributed by atoms with Crippen LogP contribution in [-0.4, -0.2) is 19.7 Å². The van der Waals surface area contributed by atoms with E-state index in [1.807, 2.05) is 0 Å². The maximum absolute atomic E-state index is 12.3. The molecule has 1 fully saturated rings. The zero-order valence-corrected chi connectivity index (χ0v) is 11.8. The van der Waals surface area contributed by atoms with Gasteiger partial charge < -0.3 is 5.73 Å². The van der Waals surface area contributed by atoms with E-state index in [9.17, 15) is 8.42 Å². The van der Waals surface area contributed by atoms with Gasteiger partial charge in [0.15, 0.2) is 9.84 Å². The Hall–Kier alpha value is -0.580. The van der Waals surface area contributed by atoms with Gasteiger partial charge in [0, 0.05) is 11.1 Å². The molecule has 0 saturated heterocycles. The summed E-state index contributed by atoms with van der Waals surface area (Å²) in [5.74, 6) is 0.0849. The fourth-order valence-electron chi connectivity index (χ4n) is 2.44. The van der Waals surface area contributed by atoms with Gasteiger partial charge in [-0.1, -0.05) is 30.2 Å². The molecule has 0 aliphatic heterocycles. The number of hydrogen-bond acceptors (Lipinski definition) is 3. The van der Waals surface area contributed by atoms with Crippen molar-refractivity contribution < 1.29 is 8.42 Å². The van der Waals surface area contributed by atoms with Gasteiger partial charge in [-0.25, -0.2) is 8.42 Å². The second-order valence-corrected chi connectivity index (χ2v) is 7.70. The lowest BCUT2D eigenvalue weighted by atomic mass is 9.96. The van der Waals surface area contributed by atoms with Crippen molar-refractivity contribution in [1.82, 2.24) is 0 Å². The minimum absolute atomic E-state index is 0.0312. The third kappa shape index (κ3) is 3.46. The molecular formula is C13H18ClNO2S. The van der Waals surface area contributed by atoms with Crippen molar-refractivity contribution in [2.75, 3.05) is 0 Å². The number of rotatable bonds is 3. The first-order chi connectivity index (χ1) is 8.47. The molecular weight excluding hydrogens is 270 g/mol. The van der Waals surface area contributed by atoms with E-state index in [0.29, 0.717) is 11.4 Å². The highest BCUT2D eigenvalue weighted by Crippen LogP contribution is 2.26. The zero-order chi connectivity index (χ0) is 13.2. The zero-order valence-electron chi connectivity index (χ0n) is 10.2. The van der Waals surface area contributed by atoms with Gasteiger partial charge >= 0.3 is 0 Å². The summed E-state index contributed by atoms with van der Waals surface area (Å²) in [4.78, 5) is 0. The lowest BCUT2D eigenvalue weighted by Crippen LogP contribution is -2.35. The predicted octanol–water partition coefficient (Wildman–Crippen LogP) is 2.52. The van der Waals surface area contributed by atoms with Crippen LogP contribution in [0.5, 0.6) is 0 Å². The quantitative estimate of drug-likeness (QED) is 0.929. The summed E-state index contributed by atoms with van der Waals surface area (Å²) in [7, 11) is -3.11. The third-order valence-electron chi connectivity index (χ3n) is 3.46. The van der Waals surface area contributed by atoms with E-state index in [1.165, 1.54) is 0 Å². The Morgan fingerprint density at radius 2 is 1.89 bits per heavy atom. The molecule has 2 unspecified atom stereocenters. The standard InChI is InChI=1S/C13H18ClNO2S/c14-11-6-4-10(5-7-11)9-18(16,17)13-3-1-2-12(15)8-13/h4-7,12-13H,1-3,8-9,15H2. The van der Waals surface area contributed by atoms with Crippen molar-refractivity contribution in [3.05, 3.63) is 34.9 Å². The second-order valence-electron chi connectivity index (χ2n) is 4.98. The van der Waals surface area contributed by atoms with Gasteiger partial charge in [0.05, 0.1) is 11.0 Å². The number of halogens is 1. The summed E-state index contributed by atoms with van der Waals surface area (Å²) >= 11 is 5.78. The molecule has 0 spiro atoms. The average molecular weight is 288 g/mol. The van der Waals surface area contributed by atoms with Gasteiger partial charge in [0.25, 0.3) is 0 Å². The first-order valence-corrected chi connectivity index (χ1v) is 8.28. The van der Waals surface area contributed by atoms with Crippen LogP contribution in [0, 0.1) is 0 Å². The first kappa shape index (κ1) is 13.8. The highest BCUT2D eigenvalue weighted by Gasteiger charge is 2.30. The summed E-state index contributed by atoms with van der Waals surface area (Å²) in [6.07, 6.45) is 3.18. The monoisotopic (exact) mass is 287 g/mol. The molecule has 1 aromatic carbocycles. The predicted molar refractivity (Wildman–Crippen MR) is 74.3 cm³/mol. The third-order valence-corrected chi connectivity index (χ3v) is 5.89. The molecule has 1 aliphatic rings. The Bertz CT molecular complexity index is 498. The van der Waals surface area contributed by atoms with Crippen molar-refractivity contribution in [2.24, 2.45) is 5.73 Å². The van der Waals surface area contributed by atoms with E-state index in [-0.39, 0.29) is 17.0 Å².